The molecule has 0 saturated heterocycles. The van der Waals surface area contributed by atoms with Crippen LogP contribution in [0.5, 0.6) is 0 Å². The first-order valence-corrected chi connectivity index (χ1v) is 7.00. The van der Waals surface area contributed by atoms with E-state index in [0.29, 0.717) is 5.92 Å². The number of hydrogen-bond acceptors (Lipinski definition) is 3. The molecule has 0 radical (unpaired) electrons. The number of aliphatic imine (C=N–C) groups is 2. The van der Waals surface area contributed by atoms with Crippen molar-refractivity contribution >= 4 is 34.3 Å². The van der Waals surface area contributed by atoms with Crippen LogP contribution in [-0.4, -0.2) is 17.5 Å². The van der Waals surface area contributed by atoms with E-state index in [1.54, 1.807) is 12.4 Å². The van der Waals surface area contributed by atoms with E-state index < -0.39 is 0 Å². The Kier molecular flexibility index (Phi) is 4.47. The minimum Gasteiger partial charge on any atom is -0.343 e. The molecule has 0 spiro atoms. The van der Waals surface area contributed by atoms with Crippen molar-refractivity contribution in [3.05, 3.63) is 34.2 Å². The first-order valence-electron chi connectivity index (χ1n) is 6.20. The van der Waals surface area contributed by atoms with E-state index in [1.165, 1.54) is 12.8 Å². The third-order valence-electron chi connectivity index (χ3n) is 2.87. The zero-order valence-electron chi connectivity index (χ0n) is 11.2. The molecule has 1 aliphatic carbocycles. The summed E-state index contributed by atoms with van der Waals surface area (Å²) in [4.78, 5) is 12.6. The van der Waals surface area contributed by atoms with Crippen LogP contribution in [0.1, 0.15) is 25.3 Å². The molecule has 1 aromatic heterocycles. The average molecular weight is 321 g/mol. The minimum absolute atomic E-state index is 0.509. The average Bonchev–Trinajstić information content (AvgIpc) is 3.19. The molecular formula is C14H17BrN4. The molecule has 1 aromatic rings. The molecule has 1 saturated carbocycles. The minimum atomic E-state index is 0.509. The fraction of sp³-hybridized carbons (Fsp3) is 0.357. The van der Waals surface area contributed by atoms with Gasteiger partial charge in [-0.1, -0.05) is 0 Å². The van der Waals surface area contributed by atoms with Gasteiger partial charge in [0.15, 0.2) is 0 Å². The highest BCUT2D eigenvalue weighted by atomic mass is 79.9. The van der Waals surface area contributed by atoms with Crippen molar-refractivity contribution in [3.8, 4) is 0 Å². The second-order valence-electron chi connectivity index (χ2n) is 4.68. The number of rotatable bonds is 4. The molecule has 1 heterocycles. The van der Waals surface area contributed by atoms with Crippen LogP contribution in [0.15, 0.2) is 38.6 Å². The summed E-state index contributed by atoms with van der Waals surface area (Å²) in [5, 5.41) is 3.21. The standard InChI is InChI=1S/C14H17BrN4/c1-9-6-13(17-8-12(9)15)19-10(2)7-18-14(16-3)11-4-5-11/h6-8,11H,3-5H2,1-2H3,(H,17,19)/b10-7+,18-14?. The molecule has 1 fully saturated rings. The SMILES string of the molecule is C=NC(=N/C=C(\C)Nc1cc(C)c(Br)cn1)C1CC1. The molecule has 100 valence electrons. The Morgan fingerprint density at radius 1 is 1.58 bits per heavy atom. The van der Waals surface area contributed by atoms with Crippen LogP contribution >= 0.6 is 15.9 Å². The van der Waals surface area contributed by atoms with Gasteiger partial charge in [-0.3, -0.25) is 0 Å². The van der Waals surface area contributed by atoms with E-state index in [9.17, 15) is 0 Å². The Morgan fingerprint density at radius 3 is 2.89 bits per heavy atom. The third kappa shape index (κ3) is 3.99. The molecule has 0 unspecified atom stereocenters. The summed E-state index contributed by atoms with van der Waals surface area (Å²) >= 11 is 3.43. The predicted molar refractivity (Wildman–Crippen MR) is 83.8 cm³/mol. The molecule has 4 nitrogen and oxygen atoms in total. The number of pyridine rings is 1. The van der Waals surface area contributed by atoms with Gasteiger partial charge in [0.25, 0.3) is 0 Å². The highest BCUT2D eigenvalue weighted by molar-refractivity contribution is 9.10. The molecule has 1 aliphatic rings. The number of amidine groups is 1. The van der Waals surface area contributed by atoms with Crippen molar-refractivity contribution in [2.75, 3.05) is 5.32 Å². The normalized spacial score (nSPS) is 16.4. The Labute approximate surface area is 121 Å². The number of aryl methyl sites for hydroxylation is 1. The zero-order chi connectivity index (χ0) is 13.8. The van der Waals surface area contributed by atoms with E-state index in [2.05, 4.69) is 42.9 Å². The Bertz CT molecular complexity index is 544. The molecule has 0 aliphatic heterocycles. The summed E-state index contributed by atoms with van der Waals surface area (Å²) in [5.74, 6) is 2.15. The molecular weight excluding hydrogens is 304 g/mol. The fourth-order valence-electron chi connectivity index (χ4n) is 1.62. The van der Waals surface area contributed by atoms with Crippen LogP contribution in [0.2, 0.25) is 0 Å². The van der Waals surface area contributed by atoms with Crippen molar-refractivity contribution < 1.29 is 0 Å². The number of anilines is 1. The lowest BCUT2D eigenvalue weighted by molar-refractivity contribution is 1.15. The smallest absolute Gasteiger partial charge is 0.130 e. The summed E-state index contributed by atoms with van der Waals surface area (Å²) in [5.41, 5.74) is 2.07. The number of hydrogen-bond donors (Lipinski definition) is 1. The van der Waals surface area contributed by atoms with Gasteiger partial charge in [0.1, 0.15) is 11.7 Å². The van der Waals surface area contributed by atoms with Gasteiger partial charge in [-0.15, -0.1) is 0 Å². The molecule has 0 amide bonds. The molecule has 2 rings (SSSR count). The Balaban J connectivity index is 2.05. The number of allylic oxidation sites excluding steroid dienone is 1. The molecule has 1 N–H and O–H groups in total. The molecule has 0 aromatic carbocycles. The van der Waals surface area contributed by atoms with Crippen LogP contribution in [0.25, 0.3) is 0 Å². The van der Waals surface area contributed by atoms with E-state index in [-0.39, 0.29) is 0 Å². The van der Waals surface area contributed by atoms with Gasteiger partial charge in [0.05, 0.1) is 0 Å². The zero-order valence-corrected chi connectivity index (χ0v) is 12.7. The highest BCUT2D eigenvalue weighted by Gasteiger charge is 2.26. The summed E-state index contributed by atoms with van der Waals surface area (Å²) in [7, 11) is 0. The number of nitrogens with one attached hydrogen (secondary N) is 1. The van der Waals surface area contributed by atoms with Crippen LogP contribution in [0.3, 0.4) is 0 Å². The molecule has 0 atom stereocenters. The van der Waals surface area contributed by atoms with Crippen molar-refractivity contribution in [1.29, 1.82) is 0 Å². The van der Waals surface area contributed by atoms with Crippen LogP contribution < -0.4 is 5.32 Å². The van der Waals surface area contributed by atoms with Gasteiger partial charge in [0.2, 0.25) is 0 Å². The van der Waals surface area contributed by atoms with Gasteiger partial charge >= 0.3 is 0 Å². The Hall–Kier alpha value is -1.49. The van der Waals surface area contributed by atoms with Crippen molar-refractivity contribution in [2.24, 2.45) is 15.9 Å². The van der Waals surface area contributed by atoms with Gasteiger partial charge in [-0.25, -0.2) is 15.0 Å². The quantitative estimate of drug-likeness (QED) is 0.675. The lowest BCUT2D eigenvalue weighted by Crippen LogP contribution is -1.99. The van der Waals surface area contributed by atoms with Gasteiger partial charge in [-0.05, 0) is 61.0 Å². The first-order chi connectivity index (χ1) is 9.10. The summed E-state index contributed by atoms with van der Waals surface area (Å²) in [6.45, 7) is 7.54. The topological polar surface area (TPSA) is 49.6 Å². The largest absolute Gasteiger partial charge is 0.343 e. The highest BCUT2D eigenvalue weighted by Crippen LogP contribution is 2.31. The van der Waals surface area contributed by atoms with Crippen molar-refractivity contribution in [2.45, 2.75) is 26.7 Å². The van der Waals surface area contributed by atoms with Gasteiger partial charge < -0.3 is 5.32 Å². The van der Waals surface area contributed by atoms with Gasteiger partial charge in [0, 0.05) is 28.5 Å². The number of aromatic nitrogens is 1. The number of nitrogens with zero attached hydrogens (tertiary/aromatic N) is 3. The van der Waals surface area contributed by atoms with Crippen LogP contribution in [0.4, 0.5) is 5.82 Å². The maximum Gasteiger partial charge on any atom is 0.130 e. The van der Waals surface area contributed by atoms with Gasteiger partial charge in [-0.2, -0.15) is 0 Å². The lowest BCUT2D eigenvalue weighted by Gasteiger charge is -2.06. The monoisotopic (exact) mass is 320 g/mol. The molecule has 0 bridgehead atoms. The summed E-state index contributed by atoms with van der Waals surface area (Å²) in [6.07, 6.45) is 5.91. The maximum absolute atomic E-state index is 4.37. The number of halogens is 1. The fourth-order valence-corrected chi connectivity index (χ4v) is 1.84. The predicted octanol–water partition coefficient (Wildman–Crippen LogP) is 3.93. The summed E-state index contributed by atoms with van der Waals surface area (Å²) in [6, 6.07) is 1.98. The molecule has 5 heteroatoms. The van der Waals surface area contributed by atoms with Crippen LogP contribution in [0, 0.1) is 12.8 Å². The third-order valence-corrected chi connectivity index (χ3v) is 3.70. The Morgan fingerprint density at radius 2 is 2.32 bits per heavy atom. The second-order valence-corrected chi connectivity index (χ2v) is 5.53. The maximum atomic E-state index is 4.37. The van der Waals surface area contributed by atoms with E-state index in [4.69, 9.17) is 0 Å². The lowest BCUT2D eigenvalue weighted by atomic mass is 10.3. The summed E-state index contributed by atoms with van der Waals surface area (Å²) < 4.78 is 1.00. The van der Waals surface area contributed by atoms with E-state index >= 15 is 0 Å². The second kappa shape index (κ2) is 6.10. The molecule has 19 heavy (non-hydrogen) atoms. The van der Waals surface area contributed by atoms with E-state index in [0.717, 1.165) is 27.4 Å². The first kappa shape index (κ1) is 13.9. The van der Waals surface area contributed by atoms with Crippen LogP contribution in [-0.2, 0) is 0 Å². The van der Waals surface area contributed by atoms with Crippen molar-refractivity contribution in [3.63, 3.8) is 0 Å². The van der Waals surface area contributed by atoms with E-state index in [1.807, 2.05) is 19.9 Å². The van der Waals surface area contributed by atoms with Crippen molar-refractivity contribution in [1.82, 2.24) is 4.98 Å².